The molecule has 0 N–H and O–H groups in total. The molecule has 2 aromatic heterocycles. The minimum Gasteiger partial charge on any atom is -0.355 e. The number of pyridine rings is 1. The quantitative estimate of drug-likeness (QED) is 0.501. The fraction of sp³-hybridized carbons (Fsp3) is 0.240. The standard InChI is InChI=1S/C25H21N3O3/c29-23-8-4-7-19-11-16-12-20(28(19)23)15-27(14-16)25(30)18-9-10-22-21(13-18)24(31-26-22)17-5-2-1-3-6-17/h1-10,13,16,20H,11-12,14-15H2/t16-,20+/m1/s1. The van der Waals surface area contributed by atoms with E-state index in [1.54, 1.807) is 6.07 Å². The zero-order chi connectivity index (χ0) is 20.9. The number of nitrogens with zero attached hydrogens (tertiary/aromatic N) is 3. The van der Waals surface area contributed by atoms with Gasteiger partial charge in [-0.05, 0) is 43.0 Å². The van der Waals surface area contributed by atoms with E-state index < -0.39 is 0 Å². The Morgan fingerprint density at radius 2 is 1.87 bits per heavy atom. The van der Waals surface area contributed by atoms with E-state index in [2.05, 4.69) is 5.16 Å². The van der Waals surface area contributed by atoms with E-state index in [0.29, 0.717) is 30.3 Å². The molecule has 0 unspecified atom stereocenters. The van der Waals surface area contributed by atoms with Gasteiger partial charge in [-0.2, -0.15) is 0 Å². The molecule has 1 fully saturated rings. The summed E-state index contributed by atoms with van der Waals surface area (Å²) < 4.78 is 7.46. The van der Waals surface area contributed by atoms with Crippen molar-refractivity contribution in [2.45, 2.75) is 18.9 Å². The first-order chi connectivity index (χ1) is 15.2. The normalized spacial score (nSPS) is 19.9. The van der Waals surface area contributed by atoms with Crippen LogP contribution in [0.3, 0.4) is 0 Å². The Morgan fingerprint density at radius 3 is 2.74 bits per heavy atom. The molecule has 1 amide bonds. The first-order valence-electron chi connectivity index (χ1n) is 10.6. The molecule has 6 nitrogen and oxygen atoms in total. The van der Waals surface area contributed by atoms with Crippen LogP contribution in [-0.4, -0.2) is 33.6 Å². The maximum absolute atomic E-state index is 13.4. The summed E-state index contributed by atoms with van der Waals surface area (Å²) >= 11 is 0. The van der Waals surface area contributed by atoms with E-state index in [9.17, 15) is 9.59 Å². The molecule has 0 saturated carbocycles. The summed E-state index contributed by atoms with van der Waals surface area (Å²) in [6.45, 7) is 1.27. The third-order valence-corrected chi connectivity index (χ3v) is 6.50. The minimum atomic E-state index is -0.00996. The number of carbonyl (C=O) groups excluding carboxylic acids is 1. The predicted octanol–water partition coefficient (Wildman–Crippen LogP) is 3.92. The lowest BCUT2D eigenvalue weighted by atomic mass is 9.85. The average Bonchev–Trinajstić information content (AvgIpc) is 3.22. The fourth-order valence-corrected chi connectivity index (χ4v) is 5.15. The van der Waals surface area contributed by atoms with Crippen molar-refractivity contribution in [1.29, 1.82) is 0 Å². The molecule has 31 heavy (non-hydrogen) atoms. The van der Waals surface area contributed by atoms with Crippen LogP contribution in [0.2, 0.25) is 0 Å². The summed E-state index contributed by atoms with van der Waals surface area (Å²) in [6, 6.07) is 20.8. The minimum absolute atomic E-state index is 0.00996. The molecule has 154 valence electrons. The average molecular weight is 411 g/mol. The lowest BCUT2D eigenvalue weighted by molar-refractivity contribution is 0.0559. The molecule has 6 heteroatoms. The fourth-order valence-electron chi connectivity index (χ4n) is 5.15. The van der Waals surface area contributed by atoms with Crippen LogP contribution in [0.5, 0.6) is 0 Å². The second-order valence-corrected chi connectivity index (χ2v) is 8.50. The molecule has 0 radical (unpaired) electrons. The van der Waals surface area contributed by atoms with Crippen LogP contribution in [0, 0.1) is 5.92 Å². The third-order valence-electron chi connectivity index (χ3n) is 6.50. The van der Waals surface area contributed by atoms with Crippen molar-refractivity contribution in [2.75, 3.05) is 13.1 Å². The van der Waals surface area contributed by atoms with Crippen LogP contribution in [0.25, 0.3) is 22.2 Å². The van der Waals surface area contributed by atoms with E-state index in [1.165, 1.54) is 0 Å². The molecule has 0 spiro atoms. The monoisotopic (exact) mass is 411 g/mol. The third kappa shape index (κ3) is 2.98. The maximum Gasteiger partial charge on any atom is 0.253 e. The molecule has 2 bridgehead atoms. The van der Waals surface area contributed by atoms with E-state index in [0.717, 1.165) is 35.0 Å². The number of amides is 1. The second-order valence-electron chi connectivity index (χ2n) is 8.50. The smallest absolute Gasteiger partial charge is 0.253 e. The summed E-state index contributed by atoms with van der Waals surface area (Å²) in [4.78, 5) is 27.8. The molecule has 2 atom stereocenters. The number of hydrogen-bond acceptors (Lipinski definition) is 4. The number of likely N-dealkylation sites (tertiary alicyclic amines) is 1. The largest absolute Gasteiger partial charge is 0.355 e. The van der Waals surface area contributed by atoms with Gasteiger partial charge in [-0.25, -0.2) is 0 Å². The van der Waals surface area contributed by atoms with Gasteiger partial charge in [0.25, 0.3) is 11.5 Å². The molecule has 6 rings (SSSR count). The van der Waals surface area contributed by atoms with Gasteiger partial charge in [0.05, 0.1) is 11.4 Å². The number of rotatable bonds is 2. The Balaban J connectivity index is 1.34. The number of hydrogen-bond donors (Lipinski definition) is 0. The first-order valence-corrected chi connectivity index (χ1v) is 10.6. The second kappa shape index (κ2) is 6.94. The van der Waals surface area contributed by atoms with Crippen molar-refractivity contribution < 1.29 is 9.32 Å². The maximum atomic E-state index is 13.4. The first kappa shape index (κ1) is 18.1. The highest BCUT2D eigenvalue weighted by Crippen LogP contribution is 2.34. The molecule has 2 aromatic carbocycles. The Labute approximate surface area is 178 Å². The Morgan fingerprint density at radius 1 is 1.00 bits per heavy atom. The van der Waals surface area contributed by atoms with E-state index in [1.807, 2.05) is 70.1 Å². The molecule has 2 aliphatic heterocycles. The van der Waals surface area contributed by atoms with Crippen molar-refractivity contribution in [3.63, 3.8) is 0 Å². The SMILES string of the molecule is O=C(c1ccc2noc(-c3ccccc3)c2c1)N1C[C@@H]2Cc3cccc(=O)n3[C@@H](C2)C1. The van der Waals surface area contributed by atoms with Gasteiger partial charge in [-0.15, -0.1) is 0 Å². The van der Waals surface area contributed by atoms with Gasteiger partial charge in [0.15, 0.2) is 5.76 Å². The summed E-state index contributed by atoms with van der Waals surface area (Å²) in [6.07, 6.45) is 1.78. The Kier molecular flexibility index (Phi) is 4.06. The Bertz CT molecular complexity index is 1360. The molecular weight excluding hydrogens is 390 g/mol. The van der Waals surface area contributed by atoms with Crippen molar-refractivity contribution in [3.05, 3.63) is 88.3 Å². The Hall–Kier alpha value is -3.67. The number of fused-ring (bicyclic) bond motifs is 5. The lowest BCUT2D eigenvalue weighted by Gasteiger charge is -2.43. The van der Waals surface area contributed by atoms with Gasteiger partial charge in [0.2, 0.25) is 0 Å². The molecule has 2 aliphatic rings. The zero-order valence-electron chi connectivity index (χ0n) is 16.9. The van der Waals surface area contributed by atoms with Crippen LogP contribution < -0.4 is 5.56 Å². The summed E-state index contributed by atoms with van der Waals surface area (Å²) in [5.41, 5.74) is 3.38. The van der Waals surface area contributed by atoms with Crippen LogP contribution in [0.15, 0.2) is 76.0 Å². The molecular formula is C25H21N3O3. The summed E-state index contributed by atoms with van der Waals surface area (Å²) in [7, 11) is 0. The van der Waals surface area contributed by atoms with Crippen molar-refractivity contribution >= 4 is 16.8 Å². The van der Waals surface area contributed by atoms with E-state index in [-0.39, 0.29) is 17.5 Å². The van der Waals surface area contributed by atoms with E-state index in [4.69, 9.17) is 4.52 Å². The van der Waals surface area contributed by atoms with Crippen molar-refractivity contribution in [1.82, 2.24) is 14.6 Å². The molecule has 4 aromatic rings. The van der Waals surface area contributed by atoms with Gasteiger partial charge in [-0.1, -0.05) is 41.6 Å². The molecule has 1 saturated heterocycles. The number of carbonyl (C=O) groups is 1. The topological polar surface area (TPSA) is 68.3 Å². The van der Waals surface area contributed by atoms with Crippen LogP contribution in [-0.2, 0) is 6.42 Å². The number of benzene rings is 2. The highest BCUT2D eigenvalue weighted by Gasteiger charge is 2.36. The summed E-state index contributed by atoms with van der Waals surface area (Å²) in [5.74, 6) is 1.04. The van der Waals surface area contributed by atoms with Gasteiger partial charge in [0, 0.05) is 36.0 Å². The van der Waals surface area contributed by atoms with Crippen LogP contribution in [0.1, 0.15) is 28.5 Å². The van der Waals surface area contributed by atoms with Gasteiger partial charge >= 0.3 is 0 Å². The van der Waals surface area contributed by atoms with Crippen molar-refractivity contribution in [2.24, 2.45) is 5.92 Å². The molecule has 4 heterocycles. The molecule has 0 aliphatic carbocycles. The number of aromatic nitrogens is 2. The summed E-state index contributed by atoms with van der Waals surface area (Å²) in [5, 5.41) is 4.98. The zero-order valence-corrected chi connectivity index (χ0v) is 16.9. The predicted molar refractivity (Wildman–Crippen MR) is 117 cm³/mol. The lowest BCUT2D eigenvalue weighted by Crippen LogP contribution is -2.50. The number of piperidine rings is 1. The highest BCUT2D eigenvalue weighted by molar-refractivity contribution is 6.01. The van der Waals surface area contributed by atoms with Gasteiger partial charge in [0.1, 0.15) is 5.52 Å². The van der Waals surface area contributed by atoms with Gasteiger partial charge in [-0.3, -0.25) is 9.59 Å². The highest BCUT2D eigenvalue weighted by atomic mass is 16.5. The van der Waals surface area contributed by atoms with Crippen molar-refractivity contribution in [3.8, 4) is 11.3 Å². The van der Waals surface area contributed by atoms with Gasteiger partial charge < -0.3 is 14.0 Å². The van der Waals surface area contributed by atoms with Crippen LogP contribution >= 0.6 is 0 Å². The van der Waals surface area contributed by atoms with Crippen LogP contribution in [0.4, 0.5) is 0 Å². The van der Waals surface area contributed by atoms with E-state index >= 15 is 0 Å².